The van der Waals surface area contributed by atoms with Crippen LogP contribution >= 0.6 is 0 Å². The second kappa shape index (κ2) is 6.59. The van der Waals surface area contributed by atoms with Crippen LogP contribution in [0.25, 0.3) is 0 Å². The van der Waals surface area contributed by atoms with Gasteiger partial charge in [0.2, 0.25) is 0 Å². The maximum atomic E-state index is 12.3. The molecule has 1 saturated carbocycles. The first-order chi connectivity index (χ1) is 12.1. The number of hydrogen-bond donors (Lipinski definition) is 2. The van der Waals surface area contributed by atoms with E-state index in [2.05, 4.69) is 39.2 Å². The summed E-state index contributed by atoms with van der Waals surface area (Å²) >= 11 is 0. The first-order valence-electron chi connectivity index (χ1n) is 9.64. The molecule has 0 aromatic carbocycles. The molecule has 1 saturated heterocycles. The van der Waals surface area contributed by atoms with Crippen LogP contribution in [0.3, 0.4) is 0 Å². The number of aromatic nitrogens is 3. The lowest BCUT2D eigenvalue weighted by Crippen LogP contribution is -2.67. The van der Waals surface area contributed by atoms with Crippen molar-refractivity contribution in [3.63, 3.8) is 0 Å². The second-order valence-corrected chi connectivity index (χ2v) is 8.19. The predicted octanol–water partition coefficient (Wildman–Crippen LogP) is 1.66. The molecule has 7 nitrogen and oxygen atoms in total. The summed E-state index contributed by atoms with van der Waals surface area (Å²) in [5, 5.41) is 14.8. The number of aryl methyl sites for hydroxylation is 1. The van der Waals surface area contributed by atoms with Crippen molar-refractivity contribution in [3.8, 4) is 0 Å². The fraction of sp³-hybridized carbons (Fsp3) is 0.833. The molecule has 0 radical (unpaired) electrons. The van der Waals surface area contributed by atoms with Gasteiger partial charge in [-0.3, -0.25) is 0 Å². The molecule has 3 aliphatic rings. The topological polar surface area (TPSA) is 81.1 Å². The van der Waals surface area contributed by atoms with Crippen LogP contribution in [0.4, 0.5) is 4.79 Å². The Bertz CT molecular complexity index is 641. The number of carbonyl (C=O) groups excluding carboxylic acids is 1. The summed E-state index contributed by atoms with van der Waals surface area (Å²) in [6, 6.07) is 0.114. The van der Waals surface area contributed by atoms with Crippen molar-refractivity contribution in [2.45, 2.75) is 71.1 Å². The van der Waals surface area contributed by atoms with E-state index in [0.29, 0.717) is 18.6 Å². The molecule has 7 heteroatoms. The Morgan fingerprint density at radius 1 is 1.32 bits per heavy atom. The Kier molecular flexibility index (Phi) is 4.43. The van der Waals surface area contributed by atoms with E-state index in [4.69, 9.17) is 4.74 Å². The number of carbonyl (C=O) groups is 1. The fourth-order valence-corrected chi connectivity index (χ4v) is 4.83. The molecule has 2 amide bonds. The highest BCUT2D eigenvalue weighted by Gasteiger charge is 2.59. The molecule has 3 heterocycles. The van der Waals surface area contributed by atoms with Gasteiger partial charge in [0.15, 0.2) is 0 Å². The van der Waals surface area contributed by atoms with E-state index in [9.17, 15) is 4.79 Å². The van der Waals surface area contributed by atoms with Gasteiger partial charge in [0.25, 0.3) is 0 Å². The maximum Gasteiger partial charge on any atom is 0.315 e. The van der Waals surface area contributed by atoms with Crippen molar-refractivity contribution in [3.05, 3.63) is 11.6 Å². The molecule has 4 rings (SSSR count). The van der Waals surface area contributed by atoms with E-state index >= 15 is 0 Å². The quantitative estimate of drug-likeness (QED) is 0.868. The van der Waals surface area contributed by atoms with Gasteiger partial charge in [-0.15, -0.1) is 10.2 Å². The lowest BCUT2D eigenvalue weighted by Gasteiger charge is -2.54. The van der Waals surface area contributed by atoms with Gasteiger partial charge in [0, 0.05) is 49.9 Å². The fourth-order valence-electron chi connectivity index (χ4n) is 4.83. The van der Waals surface area contributed by atoms with Crippen molar-refractivity contribution >= 4 is 6.03 Å². The first-order valence-corrected chi connectivity index (χ1v) is 9.64. The molecule has 0 spiro atoms. The van der Waals surface area contributed by atoms with E-state index in [1.165, 1.54) is 19.3 Å². The highest BCUT2D eigenvalue weighted by atomic mass is 16.5. The van der Waals surface area contributed by atoms with Gasteiger partial charge < -0.3 is 19.9 Å². The second-order valence-electron chi connectivity index (χ2n) is 8.19. The smallest absolute Gasteiger partial charge is 0.315 e. The molecule has 2 N–H and O–H groups in total. The SMILES string of the molecule is CC1(C)[C@H](NC(=O)NCCc2nnc3n2CCCCC3)[C@@H]2CCO[C@H]21. The van der Waals surface area contributed by atoms with Gasteiger partial charge in [0.05, 0.1) is 6.10 Å². The summed E-state index contributed by atoms with van der Waals surface area (Å²) in [7, 11) is 0. The molecule has 0 bridgehead atoms. The molecule has 138 valence electrons. The van der Waals surface area contributed by atoms with Gasteiger partial charge in [-0.2, -0.15) is 0 Å². The number of nitrogens with one attached hydrogen (secondary N) is 2. The summed E-state index contributed by atoms with van der Waals surface area (Å²) in [5.41, 5.74) is 0.0167. The van der Waals surface area contributed by atoms with Crippen molar-refractivity contribution in [2.24, 2.45) is 11.3 Å². The molecule has 0 unspecified atom stereocenters. The molecule has 2 aliphatic heterocycles. The molecule has 2 fully saturated rings. The highest BCUT2D eigenvalue weighted by molar-refractivity contribution is 5.74. The monoisotopic (exact) mass is 347 g/mol. The molecule has 1 aromatic heterocycles. The van der Waals surface area contributed by atoms with Gasteiger partial charge in [0.1, 0.15) is 11.6 Å². The normalized spacial score (nSPS) is 29.9. The number of urea groups is 1. The molecule has 3 atom stereocenters. The lowest BCUT2D eigenvalue weighted by atomic mass is 9.57. The average Bonchev–Trinajstić information content (AvgIpc) is 3.12. The van der Waals surface area contributed by atoms with Crippen molar-refractivity contribution in [1.82, 2.24) is 25.4 Å². The number of nitrogens with zero attached hydrogens (tertiary/aromatic N) is 3. The van der Waals surface area contributed by atoms with Crippen LogP contribution in [0.1, 0.15) is 51.2 Å². The minimum Gasteiger partial charge on any atom is -0.377 e. The van der Waals surface area contributed by atoms with E-state index < -0.39 is 0 Å². The number of rotatable bonds is 4. The Morgan fingerprint density at radius 3 is 3.08 bits per heavy atom. The zero-order chi connectivity index (χ0) is 17.4. The largest absolute Gasteiger partial charge is 0.377 e. The number of hydrogen-bond acceptors (Lipinski definition) is 4. The number of ether oxygens (including phenoxy) is 1. The molecular weight excluding hydrogens is 318 g/mol. The molecule has 1 aromatic rings. The van der Waals surface area contributed by atoms with E-state index in [0.717, 1.165) is 44.1 Å². The highest BCUT2D eigenvalue weighted by Crippen LogP contribution is 2.52. The number of fused-ring (bicyclic) bond motifs is 2. The summed E-state index contributed by atoms with van der Waals surface area (Å²) in [5.74, 6) is 2.55. The van der Waals surface area contributed by atoms with Crippen LogP contribution in [-0.2, 0) is 24.1 Å². The third kappa shape index (κ3) is 3.03. The first kappa shape index (κ1) is 16.8. The molecular formula is C18H29N5O2. The van der Waals surface area contributed by atoms with E-state index in [1.54, 1.807) is 0 Å². The van der Waals surface area contributed by atoms with Gasteiger partial charge >= 0.3 is 6.03 Å². The summed E-state index contributed by atoms with van der Waals surface area (Å²) in [6.07, 6.45) is 6.72. The van der Waals surface area contributed by atoms with Crippen LogP contribution in [0.2, 0.25) is 0 Å². The Balaban J connectivity index is 1.27. The molecule has 1 aliphatic carbocycles. The predicted molar refractivity (Wildman–Crippen MR) is 93.2 cm³/mol. The minimum absolute atomic E-state index is 0.0167. The van der Waals surface area contributed by atoms with Crippen LogP contribution in [0.15, 0.2) is 0 Å². The van der Waals surface area contributed by atoms with E-state index in [1.807, 2.05) is 0 Å². The third-order valence-corrected chi connectivity index (χ3v) is 6.21. The Labute approximate surface area is 148 Å². The van der Waals surface area contributed by atoms with Crippen LogP contribution < -0.4 is 10.6 Å². The van der Waals surface area contributed by atoms with E-state index in [-0.39, 0.29) is 17.5 Å². The summed E-state index contributed by atoms with van der Waals surface area (Å²) in [4.78, 5) is 12.3. The van der Waals surface area contributed by atoms with Crippen LogP contribution in [0, 0.1) is 11.3 Å². The summed E-state index contributed by atoms with van der Waals surface area (Å²) in [6.45, 7) is 6.76. The van der Waals surface area contributed by atoms with Crippen molar-refractivity contribution in [1.29, 1.82) is 0 Å². The minimum atomic E-state index is -0.0842. The maximum absolute atomic E-state index is 12.3. The zero-order valence-electron chi connectivity index (χ0n) is 15.3. The molecule has 25 heavy (non-hydrogen) atoms. The average molecular weight is 347 g/mol. The Morgan fingerprint density at radius 2 is 2.20 bits per heavy atom. The Hall–Kier alpha value is -1.63. The zero-order valence-corrected chi connectivity index (χ0v) is 15.3. The third-order valence-electron chi connectivity index (χ3n) is 6.21. The number of amides is 2. The van der Waals surface area contributed by atoms with Crippen LogP contribution in [-0.4, -0.2) is 46.1 Å². The van der Waals surface area contributed by atoms with Gasteiger partial charge in [-0.1, -0.05) is 20.3 Å². The van der Waals surface area contributed by atoms with Gasteiger partial charge in [-0.05, 0) is 19.3 Å². The summed E-state index contributed by atoms with van der Waals surface area (Å²) < 4.78 is 8.02. The van der Waals surface area contributed by atoms with Gasteiger partial charge in [-0.25, -0.2) is 4.79 Å². The van der Waals surface area contributed by atoms with Crippen molar-refractivity contribution < 1.29 is 9.53 Å². The van der Waals surface area contributed by atoms with Crippen LogP contribution in [0.5, 0.6) is 0 Å². The van der Waals surface area contributed by atoms with Crippen molar-refractivity contribution in [2.75, 3.05) is 13.2 Å². The standard InChI is InChI=1S/C18H29N5O2/c1-18(2)15(12-8-11-25-16(12)18)20-17(24)19-9-7-14-22-21-13-6-4-3-5-10-23(13)14/h12,15-16H,3-11H2,1-2H3,(H2,19,20,24)/t12-,15+,16+/m0/s1. The lowest BCUT2D eigenvalue weighted by molar-refractivity contribution is -0.108.